The van der Waals surface area contributed by atoms with Crippen LogP contribution in [0.1, 0.15) is 40.5 Å². The van der Waals surface area contributed by atoms with E-state index in [1.807, 2.05) is 6.92 Å². The predicted molar refractivity (Wildman–Crippen MR) is 83.5 cm³/mol. The molecule has 0 saturated heterocycles. The number of nitrogens with one attached hydrogen (secondary N) is 1. The van der Waals surface area contributed by atoms with Crippen LogP contribution in [0.5, 0.6) is 5.88 Å². The number of hydrogen-bond acceptors (Lipinski definition) is 4. The van der Waals surface area contributed by atoms with Gasteiger partial charge >= 0.3 is 0 Å². The number of pyridine rings is 1. The van der Waals surface area contributed by atoms with Gasteiger partial charge in [0.25, 0.3) is 5.91 Å². The van der Waals surface area contributed by atoms with Crippen LogP contribution in [0.2, 0.25) is 0 Å². The average molecular weight is 294 g/mol. The fourth-order valence-corrected chi connectivity index (χ4v) is 2.06. The molecule has 0 bridgehead atoms. The molecule has 1 rings (SSSR count). The summed E-state index contributed by atoms with van der Waals surface area (Å²) >= 11 is 0. The minimum absolute atomic E-state index is 0.164. The minimum atomic E-state index is -0.842. The summed E-state index contributed by atoms with van der Waals surface area (Å²) in [6.45, 7) is 8.59. The van der Waals surface area contributed by atoms with Crippen LogP contribution in [0.15, 0.2) is 18.3 Å². The van der Waals surface area contributed by atoms with Crippen molar-refractivity contribution in [3.63, 3.8) is 0 Å². The molecular weight excluding hydrogens is 268 g/mol. The van der Waals surface area contributed by atoms with Crippen molar-refractivity contribution >= 4 is 11.6 Å². The summed E-state index contributed by atoms with van der Waals surface area (Å²) in [5, 5.41) is 2.84. The van der Waals surface area contributed by atoms with Gasteiger partial charge in [-0.25, -0.2) is 4.98 Å². The van der Waals surface area contributed by atoms with Crippen molar-refractivity contribution in [2.24, 2.45) is 5.92 Å². The molecule has 1 atom stereocenters. The van der Waals surface area contributed by atoms with Crippen molar-refractivity contribution in [1.82, 2.24) is 4.98 Å². The number of methoxy groups -OCH3 is 1. The van der Waals surface area contributed by atoms with E-state index >= 15 is 0 Å². The Kier molecular flexibility index (Phi) is 6.62. The van der Waals surface area contributed by atoms with Crippen molar-refractivity contribution in [3.05, 3.63) is 18.3 Å². The molecule has 1 heterocycles. The quantitative estimate of drug-likeness (QED) is 0.799. The predicted octanol–water partition coefficient (Wildman–Crippen LogP) is 3.26. The lowest BCUT2D eigenvalue weighted by atomic mass is 9.93. The fraction of sp³-hybridized carbons (Fsp3) is 0.625. The Morgan fingerprint density at radius 2 is 2.14 bits per heavy atom. The van der Waals surface area contributed by atoms with Gasteiger partial charge in [0.05, 0.1) is 18.5 Å². The van der Waals surface area contributed by atoms with E-state index < -0.39 is 5.60 Å². The number of rotatable bonds is 8. The van der Waals surface area contributed by atoms with Gasteiger partial charge in [-0.3, -0.25) is 4.79 Å². The van der Waals surface area contributed by atoms with E-state index in [2.05, 4.69) is 24.1 Å². The SMILES string of the molecule is CCCOc1ccc(NC(=O)C(C)(CC(C)C)OC)cn1. The van der Waals surface area contributed by atoms with Crippen molar-refractivity contribution in [1.29, 1.82) is 0 Å². The van der Waals surface area contributed by atoms with E-state index in [0.29, 0.717) is 30.5 Å². The molecule has 5 nitrogen and oxygen atoms in total. The minimum Gasteiger partial charge on any atom is -0.478 e. The summed E-state index contributed by atoms with van der Waals surface area (Å²) in [4.78, 5) is 16.5. The zero-order valence-electron chi connectivity index (χ0n) is 13.6. The van der Waals surface area contributed by atoms with E-state index in [-0.39, 0.29) is 5.91 Å². The number of ether oxygens (including phenoxy) is 2. The van der Waals surface area contributed by atoms with Crippen molar-refractivity contribution in [3.8, 4) is 5.88 Å². The van der Waals surface area contributed by atoms with Gasteiger partial charge in [-0.15, -0.1) is 0 Å². The second-order valence-electron chi connectivity index (χ2n) is 5.72. The molecule has 118 valence electrons. The van der Waals surface area contributed by atoms with Crippen LogP contribution in [0.25, 0.3) is 0 Å². The summed E-state index contributed by atoms with van der Waals surface area (Å²) in [5.74, 6) is 0.762. The van der Waals surface area contributed by atoms with Gasteiger partial charge in [-0.1, -0.05) is 20.8 Å². The molecule has 0 aliphatic heterocycles. The number of amides is 1. The van der Waals surface area contributed by atoms with Gasteiger partial charge in [0.2, 0.25) is 5.88 Å². The zero-order valence-corrected chi connectivity index (χ0v) is 13.6. The highest BCUT2D eigenvalue weighted by Gasteiger charge is 2.33. The first kappa shape index (κ1) is 17.4. The Morgan fingerprint density at radius 1 is 1.43 bits per heavy atom. The number of nitrogens with zero attached hydrogens (tertiary/aromatic N) is 1. The van der Waals surface area contributed by atoms with Crippen LogP contribution >= 0.6 is 0 Å². The summed E-state index contributed by atoms with van der Waals surface area (Å²) in [6, 6.07) is 3.53. The number of anilines is 1. The monoisotopic (exact) mass is 294 g/mol. The molecule has 0 radical (unpaired) electrons. The molecule has 0 aliphatic rings. The second kappa shape index (κ2) is 7.98. The summed E-state index contributed by atoms with van der Waals surface area (Å²) in [6.07, 6.45) is 3.18. The zero-order chi connectivity index (χ0) is 15.9. The maximum Gasteiger partial charge on any atom is 0.256 e. The molecule has 21 heavy (non-hydrogen) atoms. The molecule has 1 unspecified atom stereocenters. The molecular formula is C16H26N2O3. The molecule has 1 aromatic rings. The van der Waals surface area contributed by atoms with Gasteiger partial charge in [0.15, 0.2) is 0 Å². The first-order valence-electron chi connectivity index (χ1n) is 7.36. The van der Waals surface area contributed by atoms with Crippen LogP contribution in [0.4, 0.5) is 5.69 Å². The second-order valence-corrected chi connectivity index (χ2v) is 5.72. The van der Waals surface area contributed by atoms with E-state index in [1.165, 1.54) is 0 Å². The Labute approximate surface area is 127 Å². The number of hydrogen-bond donors (Lipinski definition) is 1. The highest BCUT2D eigenvalue weighted by atomic mass is 16.5. The first-order valence-corrected chi connectivity index (χ1v) is 7.36. The maximum absolute atomic E-state index is 12.4. The average Bonchev–Trinajstić information content (AvgIpc) is 2.45. The third-order valence-corrected chi connectivity index (χ3v) is 3.18. The Morgan fingerprint density at radius 3 is 2.62 bits per heavy atom. The molecule has 1 N–H and O–H groups in total. The van der Waals surface area contributed by atoms with Crippen LogP contribution < -0.4 is 10.1 Å². The number of carbonyl (C=O) groups is 1. The van der Waals surface area contributed by atoms with Crippen LogP contribution in [-0.2, 0) is 9.53 Å². The summed E-state index contributed by atoms with van der Waals surface area (Å²) < 4.78 is 10.8. The van der Waals surface area contributed by atoms with E-state index in [0.717, 1.165) is 6.42 Å². The number of carbonyl (C=O) groups excluding carboxylic acids is 1. The maximum atomic E-state index is 12.4. The lowest BCUT2D eigenvalue weighted by Gasteiger charge is -2.28. The fourth-order valence-electron chi connectivity index (χ4n) is 2.06. The van der Waals surface area contributed by atoms with Crippen molar-refractivity contribution in [2.75, 3.05) is 19.0 Å². The van der Waals surface area contributed by atoms with Gasteiger partial charge < -0.3 is 14.8 Å². The highest BCUT2D eigenvalue weighted by molar-refractivity contribution is 5.96. The molecule has 5 heteroatoms. The summed E-state index contributed by atoms with van der Waals surface area (Å²) in [7, 11) is 1.56. The standard InChI is InChI=1S/C16H26N2O3/c1-6-9-21-14-8-7-13(11-17-14)18-15(19)16(4,20-5)10-12(2)3/h7-8,11-12H,6,9-10H2,1-5H3,(H,18,19). The van der Waals surface area contributed by atoms with Gasteiger partial charge in [-0.2, -0.15) is 0 Å². The molecule has 0 spiro atoms. The van der Waals surface area contributed by atoms with Crippen molar-refractivity contribution in [2.45, 2.75) is 46.1 Å². The normalized spacial score (nSPS) is 13.8. The molecule has 1 amide bonds. The molecule has 0 aliphatic carbocycles. The largest absolute Gasteiger partial charge is 0.478 e. The highest BCUT2D eigenvalue weighted by Crippen LogP contribution is 2.22. The topological polar surface area (TPSA) is 60.5 Å². The smallest absolute Gasteiger partial charge is 0.256 e. The third-order valence-electron chi connectivity index (χ3n) is 3.18. The van der Waals surface area contributed by atoms with Gasteiger partial charge in [0.1, 0.15) is 5.60 Å². The van der Waals surface area contributed by atoms with E-state index in [1.54, 1.807) is 32.4 Å². The Bertz CT molecular complexity index is 445. The van der Waals surface area contributed by atoms with Crippen LogP contribution in [0, 0.1) is 5.92 Å². The lowest BCUT2D eigenvalue weighted by Crippen LogP contribution is -2.43. The van der Waals surface area contributed by atoms with Gasteiger partial charge in [0, 0.05) is 13.2 Å². The Hall–Kier alpha value is -1.62. The third kappa shape index (κ3) is 5.34. The molecule has 0 aromatic carbocycles. The Balaban J connectivity index is 2.68. The molecule has 1 aromatic heterocycles. The summed E-state index contributed by atoms with van der Waals surface area (Å²) in [5.41, 5.74) is -0.207. The molecule has 0 fully saturated rings. The molecule has 0 saturated carbocycles. The first-order chi connectivity index (χ1) is 9.91. The van der Waals surface area contributed by atoms with E-state index in [4.69, 9.17) is 9.47 Å². The number of aromatic nitrogens is 1. The van der Waals surface area contributed by atoms with Gasteiger partial charge in [-0.05, 0) is 31.7 Å². The van der Waals surface area contributed by atoms with Crippen LogP contribution in [0.3, 0.4) is 0 Å². The van der Waals surface area contributed by atoms with E-state index in [9.17, 15) is 4.79 Å². The van der Waals surface area contributed by atoms with Crippen LogP contribution in [-0.4, -0.2) is 30.2 Å². The van der Waals surface area contributed by atoms with Crippen molar-refractivity contribution < 1.29 is 14.3 Å². The lowest BCUT2D eigenvalue weighted by molar-refractivity contribution is -0.137.